The lowest BCUT2D eigenvalue weighted by Gasteiger charge is -2.06. The van der Waals surface area contributed by atoms with Gasteiger partial charge in [-0.25, -0.2) is 0 Å². The molecular weight excluding hydrogens is 597 g/mol. The number of aromatic nitrogens is 2. The monoisotopic (exact) mass is 628 g/mol. The number of nitrogens with zero attached hydrogens (tertiary/aromatic N) is 2. The van der Waals surface area contributed by atoms with Crippen LogP contribution in [0, 0.1) is 55.4 Å². The molecule has 0 aliphatic rings. The summed E-state index contributed by atoms with van der Waals surface area (Å²) in [5, 5.41) is 4.48. The Kier molecular flexibility index (Phi) is 7.76. The predicted molar refractivity (Wildman–Crippen MR) is 188 cm³/mol. The maximum absolute atomic E-state index is 4.83. The minimum Gasteiger partial charge on any atom is -0.172 e. The van der Waals surface area contributed by atoms with Crippen molar-refractivity contribution in [2.75, 3.05) is 0 Å². The van der Waals surface area contributed by atoms with Crippen LogP contribution in [0.2, 0.25) is 0 Å². The predicted octanol–water partition coefficient (Wildman–Crippen LogP) is 12.1. The van der Waals surface area contributed by atoms with Gasteiger partial charge in [0.05, 0.1) is 11.7 Å². The van der Waals surface area contributed by atoms with E-state index in [1.54, 1.807) is 0 Å². The van der Waals surface area contributed by atoms with Gasteiger partial charge in [-0.2, -0.15) is 8.75 Å². The summed E-state index contributed by atoms with van der Waals surface area (Å²) in [6.07, 6.45) is 9.11. The third kappa shape index (κ3) is 5.02. The Balaban J connectivity index is 1.38. The molecule has 0 aliphatic carbocycles. The summed E-state index contributed by atoms with van der Waals surface area (Å²) in [6.45, 7) is 17.7. The van der Waals surface area contributed by atoms with E-state index in [1.165, 1.54) is 96.6 Å². The van der Waals surface area contributed by atoms with Crippen LogP contribution in [-0.2, 0) is 0 Å². The van der Waals surface area contributed by atoms with E-state index in [1.807, 2.05) is 45.3 Å². The highest BCUT2D eigenvalue weighted by Gasteiger charge is 2.21. The van der Waals surface area contributed by atoms with Crippen LogP contribution < -0.4 is 0 Å². The first-order valence-corrected chi connectivity index (χ1v) is 17.7. The number of hydrogen-bond donors (Lipinski definition) is 0. The third-order valence-electron chi connectivity index (χ3n) is 8.29. The van der Waals surface area contributed by atoms with E-state index < -0.39 is 0 Å². The van der Waals surface area contributed by atoms with Crippen molar-refractivity contribution in [2.45, 2.75) is 55.4 Å². The maximum atomic E-state index is 4.83. The molecule has 6 rings (SSSR count). The first-order chi connectivity index (χ1) is 19.7. The molecule has 5 aromatic heterocycles. The summed E-state index contributed by atoms with van der Waals surface area (Å²) in [6, 6.07) is 4.53. The Bertz CT molecular complexity index is 1840. The van der Waals surface area contributed by atoms with Crippen molar-refractivity contribution in [3.63, 3.8) is 0 Å². The van der Waals surface area contributed by atoms with E-state index in [-0.39, 0.29) is 0 Å². The van der Waals surface area contributed by atoms with E-state index in [0.717, 1.165) is 11.0 Å². The Morgan fingerprint density at radius 3 is 1.24 bits per heavy atom. The van der Waals surface area contributed by atoms with Crippen LogP contribution in [0.5, 0.6) is 0 Å². The molecular formula is C34H32N2S5. The molecule has 0 unspecified atom stereocenters. The van der Waals surface area contributed by atoms with Crippen molar-refractivity contribution < 1.29 is 0 Å². The number of thiophene rings is 4. The van der Waals surface area contributed by atoms with Crippen LogP contribution in [0.25, 0.3) is 56.2 Å². The standard InChI is InChI=1S/C34H32N2S5/c1-17-15-37-27(19(17)3)11-13-29-21(5)23(7)33(39-29)25-9-10-26(32-31(25)35-41-36-32)34-24(8)22(6)30(40-34)14-12-28-20(4)18(2)16-38-28/h9-16H,1-8H3/b13-11+,14-12+. The molecule has 0 atom stereocenters. The molecule has 0 radical (unpaired) electrons. The summed E-state index contributed by atoms with van der Waals surface area (Å²) in [5.41, 5.74) is 15.2. The zero-order valence-corrected chi connectivity index (χ0v) is 28.6. The van der Waals surface area contributed by atoms with Crippen molar-refractivity contribution in [3.05, 3.63) is 86.9 Å². The van der Waals surface area contributed by atoms with Crippen molar-refractivity contribution in [2.24, 2.45) is 0 Å². The van der Waals surface area contributed by atoms with Gasteiger partial charge in [0.25, 0.3) is 0 Å². The molecule has 41 heavy (non-hydrogen) atoms. The second kappa shape index (κ2) is 11.2. The van der Waals surface area contributed by atoms with Gasteiger partial charge < -0.3 is 0 Å². The molecule has 0 aliphatic heterocycles. The summed E-state index contributed by atoms with van der Waals surface area (Å²) < 4.78 is 9.66. The molecule has 1 aromatic carbocycles. The van der Waals surface area contributed by atoms with Gasteiger partial charge in [0, 0.05) is 40.4 Å². The Morgan fingerprint density at radius 1 is 0.488 bits per heavy atom. The second-order valence-electron chi connectivity index (χ2n) is 10.7. The largest absolute Gasteiger partial charge is 0.172 e. The van der Waals surface area contributed by atoms with Crippen LogP contribution in [0.15, 0.2) is 22.9 Å². The highest BCUT2D eigenvalue weighted by atomic mass is 32.1. The van der Waals surface area contributed by atoms with Gasteiger partial charge in [-0.1, -0.05) is 12.1 Å². The third-order valence-corrected chi connectivity index (χ3v) is 13.9. The van der Waals surface area contributed by atoms with Crippen LogP contribution >= 0.6 is 57.1 Å². The molecule has 208 valence electrons. The summed E-state index contributed by atoms with van der Waals surface area (Å²) in [5.74, 6) is 0. The molecule has 6 aromatic rings. The Labute approximate surface area is 262 Å². The SMILES string of the molecule is Cc1csc(/C=C/c2sc(-c3ccc(-c4sc(/C=C/c5scc(C)c5C)c(C)c4C)c4nsnc34)c(C)c2C)c1C. The fourth-order valence-electron chi connectivity index (χ4n) is 4.98. The van der Waals surface area contributed by atoms with Gasteiger partial charge in [0.2, 0.25) is 0 Å². The number of aryl methyl sites for hydroxylation is 2. The fourth-order valence-corrected chi connectivity index (χ4v) is 9.97. The highest BCUT2D eigenvalue weighted by molar-refractivity contribution is 7.17. The first kappa shape index (κ1) is 28.4. The lowest BCUT2D eigenvalue weighted by molar-refractivity contribution is 1.39. The van der Waals surface area contributed by atoms with E-state index in [0.29, 0.717) is 0 Å². The van der Waals surface area contributed by atoms with E-state index in [4.69, 9.17) is 8.75 Å². The second-order valence-corrected chi connectivity index (χ2v) is 15.2. The number of hydrogen-bond acceptors (Lipinski definition) is 7. The number of benzene rings is 1. The highest BCUT2D eigenvalue weighted by Crippen LogP contribution is 2.45. The average Bonchev–Trinajstić information content (AvgIpc) is 3.77. The van der Waals surface area contributed by atoms with E-state index >= 15 is 0 Å². The molecule has 0 bridgehead atoms. The Hall–Kier alpha value is -2.68. The molecule has 0 amide bonds. The van der Waals surface area contributed by atoms with Crippen LogP contribution in [0.1, 0.15) is 64.0 Å². The first-order valence-electron chi connectivity index (χ1n) is 13.6. The molecule has 7 heteroatoms. The lowest BCUT2D eigenvalue weighted by atomic mass is 10.00. The minimum absolute atomic E-state index is 1.00. The Morgan fingerprint density at radius 2 is 0.878 bits per heavy atom. The summed E-state index contributed by atoms with van der Waals surface area (Å²) in [4.78, 5) is 7.86. The number of fused-ring (bicyclic) bond motifs is 1. The zero-order chi connectivity index (χ0) is 29.0. The summed E-state index contributed by atoms with van der Waals surface area (Å²) in [7, 11) is 0. The summed E-state index contributed by atoms with van der Waals surface area (Å²) >= 11 is 8.66. The van der Waals surface area contributed by atoms with E-state index in [9.17, 15) is 0 Å². The van der Waals surface area contributed by atoms with E-state index in [2.05, 4.69) is 103 Å². The molecule has 0 saturated carbocycles. The average molecular weight is 629 g/mol. The van der Waals surface area contributed by atoms with Crippen LogP contribution in [-0.4, -0.2) is 8.75 Å². The molecule has 5 heterocycles. The maximum Gasteiger partial charge on any atom is 0.114 e. The smallest absolute Gasteiger partial charge is 0.114 e. The lowest BCUT2D eigenvalue weighted by Crippen LogP contribution is -1.86. The van der Waals surface area contributed by atoms with Gasteiger partial charge in [-0.3, -0.25) is 0 Å². The molecule has 2 nitrogen and oxygen atoms in total. The van der Waals surface area contributed by atoms with Gasteiger partial charge in [-0.05, 0) is 135 Å². The van der Waals surface area contributed by atoms with Gasteiger partial charge in [-0.15, -0.1) is 45.3 Å². The normalized spacial score (nSPS) is 12.2. The fraction of sp³-hybridized carbons (Fsp3) is 0.235. The van der Waals surface area contributed by atoms with Crippen LogP contribution in [0.3, 0.4) is 0 Å². The minimum atomic E-state index is 1.00. The zero-order valence-electron chi connectivity index (χ0n) is 24.6. The van der Waals surface area contributed by atoms with Crippen molar-refractivity contribution >= 4 is 92.4 Å². The molecule has 0 saturated heterocycles. The topological polar surface area (TPSA) is 25.8 Å². The van der Waals surface area contributed by atoms with Gasteiger partial charge in [0.1, 0.15) is 11.0 Å². The molecule has 0 spiro atoms. The van der Waals surface area contributed by atoms with Crippen molar-refractivity contribution in [1.29, 1.82) is 0 Å². The van der Waals surface area contributed by atoms with Crippen molar-refractivity contribution in [1.82, 2.24) is 8.75 Å². The quantitative estimate of drug-likeness (QED) is 0.183. The van der Waals surface area contributed by atoms with Gasteiger partial charge >= 0.3 is 0 Å². The molecule has 0 N–H and O–H groups in total. The number of rotatable bonds is 6. The molecule has 0 fully saturated rings. The van der Waals surface area contributed by atoms with Crippen LogP contribution in [0.4, 0.5) is 0 Å². The van der Waals surface area contributed by atoms with Gasteiger partial charge in [0.15, 0.2) is 0 Å². The van der Waals surface area contributed by atoms with Crippen molar-refractivity contribution in [3.8, 4) is 20.9 Å².